The first kappa shape index (κ1) is 10.7. The van der Waals surface area contributed by atoms with Crippen LogP contribution in [0.25, 0.3) is 0 Å². The highest BCUT2D eigenvalue weighted by Crippen LogP contribution is 2.08. The zero-order chi connectivity index (χ0) is 10.4. The fraction of sp³-hybridized carbons (Fsp3) is 0.400. The summed E-state index contributed by atoms with van der Waals surface area (Å²) in [5.41, 5.74) is 1.05. The molecule has 1 N–H and O–H groups in total. The Morgan fingerprint density at radius 1 is 1.71 bits per heavy atom. The summed E-state index contributed by atoms with van der Waals surface area (Å²) in [6.45, 7) is 2.19. The Kier molecular flexibility index (Phi) is 4.07. The minimum absolute atomic E-state index is 0.0998. The highest BCUT2D eigenvalue weighted by atomic mass is 16.5. The number of aromatic nitrogens is 1. The highest BCUT2D eigenvalue weighted by Gasteiger charge is 2.06. The average Bonchev–Trinajstić information content (AvgIpc) is 2.26. The number of rotatable bonds is 4. The molecule has 1 aromatic rings. The standard InChI is InChI=1S/C10H14N2O2/c1-8(12-7-10(13)14-2)9-4-3-5-11-6-9/h3-6,8,12H,7H2,1-2H3/t8-/m1/s1. The first-order valence-corrected chi connectivity index (χ1v) is 4.44. The maximum Gasteiger partial charge on any atom is 0.319 e. The molecule has 0 aliphatic rings. The molecule has 1 rings (SSSR count). The second kappa shape index (κ2) is 5.34. The topological polar surface area (TPSA) is 51.2 Å². The summed E-state index contributed by atoms with van der Waals surface area (Å²) in [6, 6.07) is 3.93. The third-order valence-corrected chi connectivity index (χ3v) is 1.96. The number of methoxy groups -OCH3 is 1. The Bertz CT molecular complexity index is 287. The molecule has 0 aliphatic heterocycles. The number of carbonyl (C=O) groups is 1. The van der Waals surface area contributed by atoms with Gasteiger partial charge in [0.2, 0.25) is 0 Å². The Morgan fingerprint density at radius 2 is 2.50 bits per heavy atom. The molecular weight excluding hydrogens is 180 g/mol. The Hall–Kier alpha value is -1.42. The van der Waals surface area contributed by atoms with Gasteiger partial charge in [0.1, 0.15) is 0 Å². The van der Waals surface area contributed by atoms with Crippen molar-refractivity contribution < 1.29 is 9.53 Å². The van der Waals surface area contributed by atoms with E-state index >= 15 is 0 Å². The maximum atomic E-state index is 10.8. The van der Waals surface area contributed by atoms with Gasteiger partial charge in [-0.2, -0.15) is 0 Å². The van der Waals surface area contributed by atoms with Crippen LogP contribution in [0.5, 0.6) is 0 Å². The van der Waals surface area contributed by atoms with Gasteiger partial charge in [0.15, 0.2) is 0 Å². The van der Waals surface area contributed by atoms with Gasteiger partial charge in [0, 0.05) is 18.4 Å². The SMILES string of the molecule is COC(=O)CN[C@H](C)c1cccnc1. The molecule has 1 aromatic heterocycles. The minimum Gasteiger partial charge on any atom is -0.468 e. The van der Waals surface area contributed by atoms with Crippen molar-refractivity contribution in [2.45, 2.75) is 13.0 Å². The molecule has 0 aliphatic carbocycles. The Balaban J connectivity index is 2.43. The predicted octanol–water partition coefficient (Wildman–Crippen LogP) is 0.905. The number of nitrogens with one attached hydrogen (secondary N) is 1. The molecule has 0 spiro atoms. The van der Waals surface area contributed by atoms with E-state index in [1.807, 2.05) is 19.1 Å². The van der Waals surface area contributed by atoms with E-state index in [1.54, 1.807) is 12.4 Å². The Morgan fingerprint density at radius 3 is 3.07 bits per heavy atom. The molecule has 0 unspecified atom stereocenters. The van der Waals surface area contributed by atoms with Crippen molar-refractivity contribution in [2.24, 2.45) is 0 Å². The molecule has 14 heavy (non-hydrogen) atoms. The van der Waals surface area contributed by atoms with Gasteiger partial charge in [0.25, 0.3) is 0 Å². The lowest BCUT2D eigenvalue weighted by Crippen LogP contribution is -2.26. The summed E-state index contributed by atoms with van der Waals surface area (Å²) in [4.78, 5) is 14.8. The van der Waals surface area contributed by atoms with Crippen LogP contribution in [-0.2, 0) is 9.53 Å². The van der Waals surface area contributed by atoms with Gasteiger partial charge in [-0.05, 0) is 18.6 Å². The third-order valence-electron chi connectivity index (χ3n) is 1.96. The first-order chi connectivity index (χ1) is 6.74. The van der Waals surface area contributed by atoms with Crippen LogP contribution in [0.3, 0.4) is 0 Å². The van der Waals surface area contributed by atoms with Crippen LogP contribution < -0.4 is 5.32 Å². The van der Waals surface area contributed by atoms with Crippen LogP contribution in [0.1, 0.15) is 18.5 Å². The van der Waals surface area contributed by atoms with E-state index in [0.29, 0.717) is 0 Å². The molecule has 0 saturated carbocycles. The molecule has 0 amide bonds. The van der Waals surface area contributed by atoms with Crippen molar-refractivity contribution in [1.29, 1.82) is 0 Å². The molecule has 1 atom stereocenters. The normalized spacial score (nSPS) is 12.1. The molecule has 4 heteroatoms. The van der Waals surface area contributed by atoms with Crippen LogP contribution in [-0.4, -0.2) is 24.6 Å². The maximum absolute atomic E-state index is 10.8. The van der Waals surface area contributed by atoms with Gasteiger partial charge in [-0.1, -0.05) is 6.07 Å². The lowest BCUT2D eigenvalue weighted by molar-refractivity contribution is -0.139. The number of ether oxygens (including phenoxy) is 1. The van der Waals surface area contributed by atoms with E-state index < -0.39 is 0 Å². The molecule has 76 valence electrons. The predicted molar refractivity (Wildman–Crippen MR) is 52.7 cm³/mol. The zero-order valence-electron chi connectivity index (χ0n) is 8.36. The average molecular weight is 194 g/mol. The molecule has 0 bridgehead atoms. The molecular formula is C10H14N2O2. The summed E-state index contributed by atoms with van der Waals surface area (Å²) < 4.78 is 4.52. The van der Waals surface area contributed by atoms with Crippen molar-refractivity contribution >= 4 is 5.97 Å². The Labute approximate surface area is 83.3 Å². The number of pyridine rings is 1. The third kappa shape index (κ3) is 3.14. The smallest absolute Gasteiger partial charge is 0.319 e. The summed E-state index contributed by atoms with van der Waals surface area (Å²) >= 11 is 0. The van der Waals surface area contributed by atoms with E-state index in [9.17, 15) is 4.79 Å². The van der Waals surface area contributed by atoms with Gasteiger partial charge in [-0.25, -0.2) is 0 Å². The van der Waals surface area contributed by atoms with Crippen LogP contribution in [0.15, 0.2) is 24.5 Å². The summed E-state index contributed by atoms with van der Waals surface area (Å²) in [7, 11) is 1.37. The number of hydrogen-bond acceptors (Lipinski definition) is 4. The van der Waals surface area contributed by atoms with E-state index in [4.69, 9.17) is 0 Å². The van der Waals surface area contributed by atoms with Crippen LogP contribution in [0.2, 0.25) is 0 Å². The van der Waals surface area contributed by atoms with E-state index in [2.05, 4.69) is 15.0 Å². The van der Waals surface area contributed by atoms with Crippen LogP contribution in [0, 0.1) is 0 Å². The zero-order valence-corrected chi connectivity index (χ0v) is 8.36. The van der Waals surface area contributed by atoms with Gasteiger partial charge in [-0.15, -0.1) is 0 Å². The first-order valence-electron chi connectivity index (χ1n) is 4.44. The molecule has 0 radical (unpaired) electrons. The number of nitrogens with zero attached hydrogens (tertiary/aromatic N) is 1. The van der Waals surface area contributed by atoms with E-state index in [0.717, 1.165) is 5.56 Å². The van der Waals surface area contributed by atoms with Gasteiger partial charge >= 0.3 is 5.97 Å². The number of carbonyl (C=O) groups excluding carboxylic acids is 1. The molecule has 0 aromatic carbocycles. The second-order valence-electron chi connectivity index (χ2n) is 2.97. The highest BCUT2D eigenvalue weighted by molar-refractivity contribution is 5.71. The summed E-state index contributed by atoms with van der Waals surface area (Å²) in [5.74, 6) is -0.263. The van der Waals surface area contributed by atoms with E-state index in [1.165, 1.54) is 7.11 Å². The lowest BCUT2D eigenvalue weighted by atomic mass is 10.1. The van der Waals surface area contributed by atoms with Crippen molar-refractivity contribution in [2.75, 3.05) is 13.7 Å². The van der Waals surface area contributed by atoms with Crippen molar-refractivity contribution in [3.05, 3.63) is 30.1 Å². The molecule has 4 nitrogen and oxygen atoms in total. The monoisotopic (exact) mass is 194 g/mol. The fourth-order valence-corrected chi connectivity index (χ4v) is 1.06. The second-order valence-corrected chi connectivity index (χ2v) is 2.97. The molecule has 0 fully saturated rings. The largest absolute Gasteiger partial charge is 0.468 e. The summed E-state index contributed by atoms with van der Waals surface area (Å²) in [5, 5.41) is 3.04. The van der Waals surface area contributed by atoms with Crippen molar-refractivity contribution in [3.8, 4) is 0 Å². The van der Waals surface area contributed by atoms with Crippen LogP contribution in [0.4, 0.5) is 0 Å². The molecule has 0 saturated heterocycles. The van der Waals surface area contributed by atoms with Gasteiger partial charge in [-0.3, -0.25) is 9.78 Å². The fourth-order valence-electron chi connectivity index (χ4n) is 1.06. The number of esters is 1. The minimum atomic E-state index is -0.263. The summed E-state index contributed by atoms with van der Waals surface area (Å²) in [6.07, 6.45) is 3.49. The van der Waals surface area contributed by atoms with Crippen LogP contribution >= 0.6 is 0 Å². The number of hydrogen-bond donors (Lipinski definition) is 1. The molecule has 1 heterocycles. The van der Waals surface area contributed by atoms with E-state index in [-0.39, 0.29) is 18.6 Å². The van der Waals surface area contributed by atoms with Crippen molar-refractivity contribution in [3.63, 3.8) is 0 Å². The van der Waals surface area contributed by atoms with Gasteiger partial charge < -0.3 is 10.1 Å². The van der Waals surface area contributed by atoms with Gasteiger partial charge in [0.05, 0.1) is 13.7 Å². The van der Waals surface area contributed by atoms with Crippen molar-refractivity contribution in [1.82, 2.24) is 10.3 Å². The lowest BCUT2D eigenvalue weighted by Gasteiger charge is -2.12. The quantitative estimate of drug-likeness (QED) is 0.724.